The molecule has 1 aromatic carbocycles. The van der Waals surface area contributed by atoms with Gasteiger partial charge in [0.15, 0.2) is 0 Å². The SMILES string of the molecule is C[n+]1cn[nH]c1SCC(=O)N/N=C/c1cc(I)cc(I)c1[O-]. The zero-order chi connectivity index (χ0) is 16.1. The molecule has 116 valence electrons. The molecule has 0 bridgehead atoms. The quantitative estimate of drug-likeness (QED) is 0.192. The first-order valence-corrected chi connectivity index (χ1v) is 9.11. The maximum Gasteiger partial charge on any atom is 0.293 e. The smallest absolute Gasteiger partial charge is 0.293 e. The molecule has 10 heteroatoms. The largest absolute Gasteiger partial charge is 0.871 e. The van der Waals surface area contributed by atoms with E-state index in [2.05, 4.69) is 43.3 Å². The number of aromatic nitrogens is 3. The van der Waals surface area contributed by atoms with Crippen LogP contribution in [0.1, 0.15) is 5.56 Å². The number of rotatable bonds is 5. The van der Waals surface area contributed by atoms with Crippen molar-refractivity contribution in [3.8, 4) is 5.75 Å². The number of benzene rings is 1. The van der Waals surface area contributed by atoms with Crippen LogP contribution in [-0.4, -0.2) is 28.1 Å². The third kappa shape index (κ3) is 4.81. The number of thioether (sulfide) groups is 1. The summed E-state index contributed by atoms with van der Waals surface area (Å²) in [7, 11) is 1.83. The second-order valence-electron chi connectivity index (χ2n) is 4.16. The van der Waals surface area contributed by atoms with Crippen LogP contribution in [-0.2, 0) is 11.8 Å². The molecule has 1 aromatic heterocycles. The van der Waals surface area contributed by atoms with Gasteiger partial charge in [-0.1, -0.05) is 5.75 Å². The predicted molar refractivity (Wildman–Crippen MR) is 97.5 cm³/mol. The van der Waals surface area contributed by atoms with Crippen LogP contribution in [0.5, 0.6) is 5.75 Å². The number of nitrogens with one attached hydrogen (secondary N) is 2. The molecule has 0 saturated heterocycles. The maximum absolute atomic E-state index is 11.9. The maximum atomic E-state index is 11.9. The normalized spacial score (nSPS) is 11.0. The summed E-state index contributed by atoms with van der Waals surface area (Å²) in [5.41, 5.74) is 2.85. The van der Waals surface area contributed by atoms with E-state index in [9.17, 15) is 9.90 Å². The van der Waals surface area contributed by atoms with Gasteiger partial charge in [-0.3, -0.25) is 4.79 Å². The molecule has 2 rings (SSSR count). The number of hydrogen-bond acceptors (Lipinski definition) is 5. The van der Waals surface area contributed by atoms with Gasteiger partial charge in [-0.15, -0.1) is 5.10 Å². The fourth-order valence-corrected chi connectivity index (χ4v) is 4.04. The highest BCUT2D eigenvalue weighted by atomic mass is 127. The van der Waals surface area contributed by atoms with Crippen molar-refractivity contribution in [2.24, 2.45) is 12.1 Å². The number of nitrogens with zero attached hydrogens (tertiary/aromatic N) is 3. The van der Waals surface area contributed by atoms with Crippen molar-refractivity contribution in [2.75, 3.05) is 5.75 Å². The highest BCUT2D eigenvalue weighted by molar-refractivity contribution is 14.1. The Bertz CT molecular complexity index is 720. The number of H-pyrrole nitrogens is 1. The van der Waals surface area contributed by atoms with Crippen molar-refractivity contribution < 1.29 is 14.5 Å². The van der Waals surface area contributed by atoms with Crippen LogP contribution < -0.4 is 15.1 Å². The van der Waals surface area contributed by atoms with Gasteiger partial charge in [0.1, 0.15) is 0 Å². The molecule has 0 aliphatic heterocycles. The van der Waals surface area contributed by atoms with Crippen molar-refractivity contribution in [3.63, 3.8) is 0 Å². The molecular formula is C12H11I2N5O2S. The molecular weight excluding hydrogens is 532 g/mol. The molecule has 0 unspecified atom stereocenters. The molecule has 0 aliphatic rings. The van der Waals surface area contributed by atoms with Gasteiger partial charge in [0, 0.05) is 12.2 Å². The molecule has 0 atom stereocenters. The second-order valence-corrected chi connectivity index (χ2v) is 7.53. The minimum Gasteiger partial charge on any atom is -0.871 e. The molecule has 2 N–H and O–H groups in total. The molecule has 0 fully saturated rings. The number of aryl methyl sites for hydroxylation is 1. The minimum atomic E-state index is -0.261. The first-order chi connectivity index (χ1) is 10.5. The predicted octanol–water partition coefficient (Wildman–Crippen LogP) is 0.759. The summed E-state index contributed by atoms with van der Waals surface area (Å²) < 4.78 is 3.34. The highest BCUT2D eigenvalue weighted by Gasteiger charge is 2.10. The summed E-state index contributed by atoms with van der Waals surface area (Å²) in [5.74, 6) is -0.164. The van der Waals surface area contributed by atoms with E-state index in [1.807, 2.05) is 29.6 Å². The van der Waals surface area contributed by atoms with Crippen molar-refractivity contribution in [1.29, 1.82) is 0 Å². The lowest BCUT2D eigenvalue weighted by molar-refractivity contribution is -0.709. The van der Waals surface area contributed by atoms with Crippen LogP contribution in [0.3, 0.4) is 0 Å². The van der Waals surface area contributed by atoms with Crippen LogP contribution in [0.2, 0.25) is 0 Å². The third-order valence-electron chi connectivity index (χ3n) is 2.48. The van der Waals surface area contributed by atoms with Crippen molar-refractivity contribution in [1.82, 2.24) is 15.6 Å². The molecule has 1 amide bonds. The first-order valence-electron chi connectivity index (χ1n) is 5.97. The summed E-state index contributed by atoms with van der Waals surface area (Å²) >= 11 is 5.42. The van der Waals surface area contributed by atoms with Crippen LogP contribution in [0.15, 0.2) is 28.7 Å². The Labute approximate surface area is 158 Å². The summed E-state index contributed by atoms with van der Waals surface area (Å²) in [5, 5.41) is 23.1. The van der Waals surface area contributed by atoms with Gasteiger partial charge in [-0.05, 0) is 74.6 Å². The Hall–Kier alpha value is -0.890. The molecule has 0 radical (unpaired) electrons. The Morgan fingerprint density at radius 3 is 3.05 bits per heavy atom. The minimum absolute atomic E-state index is 0.0992. The van der Waals surface area contributed by atoms with Crippen LogP contribution in [0, 0.1) is 7.14 Å². The molecule has 0 spiro atoms. The summed E-state index contributed by atoms with van der Waals surface area (Å²) in [6.45, 7) is 0. The summed E-state index contributed by atoms with van der Waals surface area (Å²) in [6, 6.07) is 3.51. The van der Waals surface area contributed by atoms with E-state index < -0.39 is 0 Å². The summed E-state index contributed by atoms with van der Waals surface area (Å²) in [4.78, 5) is 11.7. The van der Waals surface area contributed by atoms with E-state index in [1.54, 1.807) is 23.0 Å². The molecule has 22 heavy (non-hydrogen) atoms. The number of carbonyl (C=O) groups is 1. The number of hydrazone groups is 1. The molecule has 2 aromatic rings. The lowest BCUT2D eigenvalue weighted by Crippen LogP contribution is -2.28. The second kappa shape index (κ2) is 8.10. The van der Waals surface area contributed by atoms with Crippen molar-refractivity contribution in [3.05, 3.63) is 31.2 Å². The van der Waals surface area contributed by atoms with Gasteiger partial charge >= 0.3 is 0 Å². The lowest BCUT2D eigenvalue weighted by Gasteiger charge is -2.12. The van der Waals surface area contributed by atoms with Gasteiger partial charge in [-0.25, -0.2) is 9.99 Å². The Balaban J connectivity index is 1.90. The first kappa shape index (κ1) is 17.5. The third-order valence-corrected chi connectivity index (χ3v) is 4.96. The lowest BCUT2D eigenvalue weighted by atomic mass is 10.2. The van der Waals surface area contributed by atoms with Crippen LogP contribution in [0.25, 0.3) is 0 Å². The van der Waals surface area contributed by atoms with Crippen LogP contribution in [0.4, 0.5) is 0 Å². The average molecular weight is 543 g/mol. The average Bonchev–Trinajstić information content (AvgIpc) is 2.87. The van der Waals surface area contributed by atoms with Gasteiger partial charge in [-0.2, -0.15) is 5.10 Å². The molecule has 0 saturated carbocycles. The fourth-order valence-electron chi connectivity index (χ4n) is 1.45. The summed E-state index contributed by atoms with van der Waals surface area (Å²) in [6.07, 6.45) is 2.98. The zero-order valence-corrected chi connectivity index (χ0v) is 16.5. The van der Waals surface area contributed by atoms with Gasteiger partial charge < -0.3 is 5.11 Å². The Morgan fingerprint density at radius 2 is 2.36 bits per heavy atom. The van der Waals surface area contributed by atoms with Crippen molar-refractivity contribution in [2.45, 2.75) is 5.16 Å². The van der Waals surface area contributed by atoms with E-state index in [4.69, 9.17) is 0 Å². The number of halogens is 2. The zero-order valence-electron chi connectivity index (χ0n) is 11.3. The molecule has 1 heterocycles. The van der Waals surface area contributed by atoms with Crippen molar-refractivity contribution >= 4 is 69.1 Å². The van der Waals surface area contributed by atoms with E-state index in [1.165, 1.54) is 18.0 Å². The van der Waals surface area contributed by atoms with Gasteiger partial charge in [0.2, 0.25) is 0 Å². The number of aromatic amines is 1. The van der Waals surface area contributed by atoms with E-state index >= 15 is 0 Å². The van der Waals surface area contributed by atoms with Crippen LogP contribution >= 0.6 is 56.9 Å². The number of carbonyl (C=O) groups excluding carboxylic acids is 1. The standard InChI is InChI=1S/C12H11I2N5O2S/c1-19-6-16-18-12(19)22-5-10(20)17-15-4-7-2-8(13)3-9(14)11(7)21/h2-4,6H,5H2,1H3,(H2,15,17,20,21). The topological polar surface area (TPSA) is 97.1 Å². The Morgan fingerprint density at radius 1 is 1.59 bits per heavy atom. The highest BCUT2D eigenvalue weighted by Crippen LogP contribution is 2.23. The van der Waals surface area contributed by atoms with Gasteiger partial charge in [0.25, 0.3) is 17.4 Å². The van der Waals surface area contributed by atoms with Gasteiger partial charge in [0.05, 0.1) is 19.0 Å². The Kier molecular flexibility index (Phi) is 6.43. The van der Waals surface area contributed by atoms with E-state index in [0.717, 1.165) is 8.73 Å². The number of amides is 1. The monoisotopic (exact) mass is 543 g/mol. The molecule has 7 nitrogen and oxygen atoms in total. The molecule has 0 aliphatic carbocycles. The van der Waals surface area contributed by atoms with E-state index in [0.29, 0.717) is 9.13 Å². The fraction of sp³-hybridized carbons (Fsp3) is 0.167. The van der Waals surface area contributed by atoms with E-state index in [-0.39, 0.29) is 17.4 Å². The number of hydrogen-bond donors (Lipinski definition) is 2.